The second-order valence-corrected chi connectivity index (χ2v) is 8.84. The van der Waals surface area contributed by atoms with Crippen LogP contribution in [0.5, 0.6) is 5.75 Å². The zero-order chi connectivity index (χ0) is 18.6. The number of hydrogen-bond donors (Lipinski definition) is 2. The van der Waals surface area contributed by atoms with Gasteiger partial charge in [-0.2, -0.15) is 4.31 Å². The van der Waals surface area contributed by atoms with Crippen LogP contribution in [0, 0.1) is 5.92 Å². The molecule has 7 nitrogen and oxygen atoms in total. The van der Waals surface area contributed by atoms with Crippen LogP contribution in [0.15, 0.2) is 29.2 Å². The lowest BCUT2D eigenvalue weighted by molar-refractivity contribution is -0.126. The highest BCUT2D eigenvalue weighted by Gasteiger charge is 2.32. The maximum atomic E-state index is 12.8. The lowest BCUT2D eigenvalue weighted by Crippen LogP contribution is -2.49. The zero-order valence-electron chi connectivity index (χ0n) is 15.5. The molecular weight excluding hydrogens is 390 g/mol. The van der Waals surface area contributed by atoms with E-state index in [4.69, 9.17) is 4.74 Å². The smallest absolute Gasteiger partial charge is 0.243 e. The highest BCUT2D eigenvalue weighted by Crippen LogP contribution is 2.25. The molecule has 1 unspecified atom stereocenters. The molecular formula is C18H28ClN3O4S. The summed E-state index contributed by atoms with van der Waals surface area (Å²) in [6.45, 7) is 2.56. The number of halogens is 1. The van der Waals surface area contributed by atoms with Crippen LogP contribution < -0.4 is 15.4 Å². The van der Waals surface area contributed by atoms with Crippen LogP contribution in [0.4, 0.5) is 0 Å². The van der Waals surface area contributed by atoms with Gasteiger partial charge in [0.05, 0.1) is 12.0 Å². The molecule has 9 heteroatoms. The fraction of sp³-hybridized carbons (Fsp3) is 0.611. The molecule has 1 aromatic rings. The van der Waals surface area contributed by atoms with Crippen molar-refractivity contribution >= 4 is 28.3 Å². The Labute approximate surface area is 167 Å². The third kappa shape index (κ3) is 5.34. The number of piperidine rings is 2. The van der Waals surface area contributed by atoms with Crippen molar-refractivity contribution in [3.63, 3.8) is 0 Å². The maximum Gasteiger partial charge on any atom is 0.243 e. The molecule has 152 valence electrons. The summed E-state index contributed by atoms with van der Waals surface area (Å²) in [5.41, 5.74) is 0. The van der Waals surface area contributed by atoms with Gasteiger partial charge in [-0.15, -0.1) is 12.4 Å². The maximum absolute atomic E-state index is 12.8. The Morgan fingerprint density at radius 3 is 2.41 bits per heavy atom. The van der Waals surface area contributed by atoms with E-state index in [0.717, 1.165) is 25.9 Å². The topological polar surface area (TPSA) is 87.7 Å². The minimum Gasteiger partial charge on any atom is -0.497 e. The van der Waals surface area contributed by atoms with Gasteiger partial charge in [0.15, 0.2) is 0 Å². The second-order valence-electron chi connectivity index (χ2n) is 6.91. The van der Waals surface area contributed by atoms with Gasteiger partial charge in [-0.1, -0.05) is 0 Å². The standard InChI is InChI=1S/C18H27N3O4S.ClH/c1-25-16-4-6-17(7-5-16)26(23,24)21-11-8-14(9-12-21)18(22)20-15-3-2-10-19-13-15;/h4-7,14-15,19H,2-3,8-13H2,1H3,(H,20,22);1H. The van der Waals surface area contributed by atoms with E-state index in [9.17, 15) is 13.2 Å². The number of methoxy groups -OCH3 is 1. The molecule has 27 heavy (non-hydrogen) atoms. The number of rotatable bonds is 5. The summed E-state index contributed by atoms with van der Waals surface area (Å²) in [6.07, 6.45) is 3.19. The summed E-state index contributed by atoms with van der Waals surface area (Å²) < 4.78 is 32.1. The predicted octanol–water partition coefficient (Wildman–Crippen LogP) is 1.39. The van der Waals surface area contributed by atoms with E-state index in [1.807, 2.05) is 0 Å². The van der Waals surface area contributed by atoms with Crippen molar-refractivity contribution in [2.24, 2.45) is 5.92 Å². The summed E-state index contributed by atoms with van der Waals surface area (Å²) in [5.74, 6) is 0.566. The van der Waals surface area contributed by atoms with Crippen LogP contribution >= 0.6 is 12.4 Å². The average molecular weight is 418 g/mol. The molecule has 2 heterocycles. The first-order valence-electron chi connectivity index (χ1n) is 9.16. The number of ether oxygens (including phenoxy) is 1. The van der Waals surface area contributed by atoms with Crippen molar-refractivity contribution in [2.45, 2.75) is 36.6 Å². The normalized spacial score (nSPS) is 21.9. The van der Waals surface area contributed by atoms with Gasteiger partial charge in [0.1, 0.15) is 5.75 Å². The van der Waals surface area contributed by atoms with Crippen LogP contribution in [-0.2, 0) is 14.8 Å². The predicted molar refractivity (Wildman–Crippen MR) is 106 cm³/mol. The Kier molecular flexibility index (Phi) is 7.91. The molecule has 1 aromatic carbocycles. The van der Waals surface area contributed by atoms with E-state index in [1.54, 1.807) is 31.4 Å². The molecule has 2 saturated heterocycles. The molecule has 0 radical (unpaired) electrons. The first-order valence-corrected chi connectivity index (χ1v) is 10.6. The summed E-state index contributed by atoms with van der Waals surface area (Å²) in [4.78, 5) is 12.7. The molecule has 0 spiro atoms. The molecule has 2 aliphatic rings. The molecule has 2 aliphatic heterocycles. The van der Waals surface area contributed by atoms with Crippen molar-refractivity contribution in [3.8, 4) is 5.75 Å². The molecule has 2 N–H and O–H groups in total. The number of sulfonamides is 1. The van der Waals surface area contributed by atoms with E-state index in [2.05, 4.69) is 10.6 Å². The van der Waals surface area contributed by atoms with Gasteiger partial charge in [0.2, 0.25) is 15.9 Å². The largest absolute Gasteiger partial charge is 0.497 e. The molecule has 3 rings (SSSR count). The molecule has 0 aromatic heterocycles. The van der Waals surface area contributed by atoms with E-state index in [1.165, 1.54) is 4.31 Å². The average Bonchev–Trinajstić information content (AvgIpc) is 2.69. The molecule has 0 bridgehead atoms. The highest BCUT2D eigenvalue weighted by molar-refractivity contribution is 7.89. The third-order valence-corrected chi connectivity index (χ3v) is 7.08. The van der Waals surface area contributed by atoms with Gasteiger partial charge in [-0.3, -0.25) is 4.79 Å². The molecule has 0 saturated carbocycles. The number of amides is 1. The molecule has 1 amide bonds. The summed E-state index contributed by atoms with van der Waals surface area (Å²) in [6, 6.07) is 6.60. The number of hydrogen-bond acceptors (Lipinski definition) is 5. The van der Waals surface area contributed by atoms with Crippen molar-refractivity contribution in [3.05, 3.63) is 24.3 Å². The fourth-order valence-corrected chi connectivity index (χ4v) is 5.02. The zero-order valence-corrected chi connectivity index (χ0v) is 17.2. The first-order chi connectivity index (χ1) is 12.5. The fourth-order valence-electron chi connectivity index (χ4n) is 3.55. The van der Waals surface area contributed by atoms with Crippen molar-refractivity contribution < 1.29 is 17.9 Å². The summed E-state index contributed by atoms with van der Waals surface area (Å²) in [5, 5.41) is 6.39. The van der Waals surface area contributed by atoms with Crippen molar-refractivity contribution in [1.29, 1.82) is 0 Å². The molecule has 2 fully saturated rings. The van der Waals surface area contributed by atoms with Crippen LogP contribution in [-0.4, -0.2) is 58.0 Å². The van der Waals surface area contributed by atoms with Crippen LogP contribution in [0.2, 0.25) is 0 Å². The Morgan fingerprint density at radius 2 is 1.85 bits per heavy atom. The molecule has 1 atom stereocenters. The lowest BCUT2D eigenvalue weighted by Gasteiger charge is -2.32. The highest BCUT2D eigenvalue weighted by atomic mass is 35.5. The minimum atomic E-state index is -3.53. The van der Waals surface area contributed by atoms with Crippen molar-refractivity contribution in [2.75, 3.05) is 33.3 Å². The first kappa shape index (κ1) is 21.9. The van der Waals surface area contributed by atoms with E-state index >= 15 is 0 Å². The Balaban J connectivity index is 0.00000261. The quantitative estimate of drug-likeness (QED) is 0.755. The van der Waals surface area contributed by atoms with Gasteiger partial charge in [-0.05, 0) is 56.5 Å². The number of carbonyl (C=O) groups excluding carboxylic acids is 1. The number of nitrogens with zero attached hydrogens (tertiary/aromatic N) is 1. The van der Waals surface area contributed by atoms with E-state index < -0.39 is 10.0 Å². The third-order valence-electron chi connectivity index (χ3n) is 5.17. The van der Waals surface area contributed by atoms with Gasteiger partial charge in [0, 0.05) is 31.6 Å². The monoisotopic (exact) mass is 417 g/mol. The van der Waals surface area contributed by atoms with E-state index in [0.29, 0.717) is 31.7 Å². The van der Waals surface area contributed by atoms with Gasteiger partial charge in [0.25, 0.3) is 0 Å². The van der Waals surface area contributed by atoms with Crippen LogP contribution in [0.1, 0.15) is 25.7 Å². The second kappa shape index (κ2) is 9.73. The Bertz CT molecular complexity index is 713. The van der Waals surface area contributed by atoms with E-state index in [-0.39, 0.29) is 35.2 Å². The Hall–Kier alpha value is -1.35. The summed E-state index contributed by atoms with van der Waals surface area (Å²) >= 11 is 0. The van der Waals surface area contributed by atoms with Gasteiger partial charge < -0.3 is 15.4 Å². The SMILES string of the molecule is COc1ccc(S(=O)(=O)N2CCC(C(=O)NC3CCCNC3)CC2)cc1.Cl. The number of nitrogens with one attached hydrogen (secondary N) is 2. The summed E-state index contributed by atoms with van der Waals surface area (Å²) in [7, 11) is -1.98. The lowest BCUT2D eigenvalue weighted by atomic mass is 9.96. The molecule has 0 aliphatic carbocycles. The minimum absolute atomic E-state index is 0. The van der Waals surface area contributed by atoms with Crippen molar-refractivity contribution in [1.82, 2.24) is 14.9 Å². The van der Waals surface area contributed by atoms with Gasteiger partial charge >= 0.3 is 0 Å². The van der Waals surface area contributed by atoms with Crippen LogP contribution in [0.3, 0.4) is 0 Å². The van der Waals surface area contributed by atoms with Gasteiger partial charge in [-0.25, -0.2) is 8.42 Å². The Morgan fingerprint density at radius 1 is 1.19 bits per heavy atom. The number of benzene rings is 1. The number of carbonyl (C=O) groups is 1. The van der Waals surface area contributed by atoms with Crippen LogP contribution in [0.25, 0.3) is 0 Å².